The van der Waals surface area contributed by atoms with E-state index in [-0.39, 0.29) is 24.7 Å². The predicted octanol–water partition coefficient (Wildman–Crippen LogP) is 1.57. The number of hydrogen-bond acceptors (Lipinski definition) is 6. The number of nitrogens with one attached hydrogen (secondary N) is 2. The molecule has 0 radical (unpaired) electrons. The van der Waals surface area contributed by atoms with E-state index in [0.29, 0.717) is 18.1 Å². The Bertz CT molecular complexity index is 1070. The fraction of sp³-hybridized carbons (Fsp3) is 0.333. The number of amides is 1. The van der Waals surface area contributed by atoms with Crippen molar-refractivity contribution in [1.82, 2.24) is 19.9 Å². The first-order valence-electron chi connectivity index (χ1n) is 10.2. The molecule has 1 aromatic carbocycles. The van der Waals surface area contributed by atoms with E-state index in [1.54, 1.807) is 10.7 Å². The lowest BCUT2D eigenvalue weighted by Gasteiger charge is -2.12. The number of carbonyl (C=O) groups excluding carboxylic acids is 2. The first-order chi connectivity index (χ1) is 15.0. The topological polar surface area (TPSA) is 97.6 Å². The molecule has 2 aromatic heterocycles. The van der Waals surface area contributed by atoms with Crippen molar-refractivity contribution in [2.75, 3.05) is 25.5 Å². The summed E-state index contributed by atoms with van der Waals surface area (Å²) < 4.78 is 6.31. The number of hydrogen-bond donors (Lipinski definition) is 2. The molecule has 31 heavy (non-hydrogen) atoms. The number of aromatic nitrogens is 3. The van der Waals surface area contributed by atoms with Gasteiger partial charge in [0.05, 0.1) is 19.2 Å². The average Bonchev–Trinajstić information content (AvgIpc) is 3.15. The maximum absolute atomic E-state index is 11.7. The van der Waals surface area contributed by atoms with E-state index in [0.717, 1.165) is 41.0 Å². The SMILES string of the molecule is Bc1cnn2c(NCCCCNC(=O)CCC(=O)OC)cc(-c3ccccc3Cl)nc12. The molecule has 0 aliphatic rings. The molecule has 0 aliphatic heterocycles. The number of esters is 1. The summed E-state index contributed by atoms with van der Waals surface area (Å²) in [5, 5.41) is 11.3. The van der Waals surface area contributed by atoms with Gasteiger partial charge in [0.25, 0.3) is 0 Å². The fourth-order valence-corrected chi connectivity index (χ4v) is 3.34. The van der Waals surface area contributed by atoms with Crippen LogP contribution in [0.25, 0.3) is 16.9 Å². The zero-order valence-corrected chi connectivity index (χ0v) is 18.4. The van der Waals surface area contributed by atoms with Gasteiger partial charge in [-0.25, -0.2) is 4.98 Å². The third kappa shape index (κ3) is 5.98. The maximum Gasteiger partial charge on any atom is 0.306 e. The van der Waals surface area contributed by atoms with Crippen molar-refractivity contribution < 1.29 is 14.3 Å². The molecule has 3 rings (SSSR count). The van der Waals surface area contributed by atoms with Crippen LogP contribution in [0.15, 0.2) is 36.5 Å². The molecule has 0 saturated heterocycles. The molecule has 0 spiro atoms. The first-order valence-corrected chi connectivity index (χ1v) is 10.5. The smallest absolute Gasteiger partial charge is 0.306 e. The summed E-state index contributed by atoms with van der Waals surface area (Å²) in [6.45, 7) is 1.26. The Morgan fingerprint density at radius 1 is 1.19 bits per heavy atom. The predicted molar refractivity (Wildman–Crippen MR) is 124 cm³/mol. The van der Waals surface area contributed by atoms with Gasteiger partial charge in [0.2, 0.25) is 5.91 Å². The summed E-state index contributed by atoms with van der Waals surface area (Å²) in [4.78, 5) is 27.5. The second-order valence-electron chi connectivity index (χ2n) is 7.13. The molecule has 2 heterocycles. The van der Waals surface area contributed by atoms with Crippen LogP contribution in [0.3, 0.4) is 0 Å². The molecular weight excluding hydrogens is 417 g/mol. The molecule has 0 bridgehead atoms. The van der Waals surface area contributed by atoms with Gasteiger partial charge < -0.3 is 15.4 Å². The molecule has 1 amide bonds. The van der Waals surface area contributed by atoms with Crippen molar-refractivity contribution in [3.63, 3.8) is 0 Å². The van der Waals surface area contributed by atoms with E-state index in [1.807, 2.05) is 38.2 Å². The van der Waals surface area contributed by atoms with Gasteiger partial charge in [-0.15, -0.1) is 0 Å². The quantitative estimate of drug-likeness (QED) is 0.282. The van der Waals surface area contributed by atoms with Gasteiger partial charge in [-0.1, -0.05) is 29.8 Å². The lowest BCUT2D eigenvalue weighted by molar-refractivity contribution is -0.142. The summed E-state index contributed by atoms with van der Waals surface area (Å²) in [5.74, 6) is 0.300. The highest BCUT2D eigenvalue weighted by atomic mass is 35.5. The largest absolute Gasteiger partial charge is 0.469 e. The minimum Gasteiger partial charge on any atom is -0.469 e. The van der Waals surface area contributed by atoms with Crippen LogP contribution in [0, 0.1) is 0 Å². The Kier molecular flexibility index (Phi) is 7.89. The Balaban J connectivity index is 1.56. The molecule has 0 aliphatic carbocycles. The Morgan fingerprint density at radius 3 is 2.74 bits per heavy atom. The Morgan fingerprint density at radius 2 is 1.97 bits per heavy atom. The van der Waals surface area contributed by atoms with Crippen LogP contribution in [0.4, 0.5) is 5.82 Å². The number of carbonyl (C=O) groups is 2. The fourth-order valence-electron chi connectivity index (χ4n) is 3.11. The van der Waals surface area contributed by atoms with Crippen molar-refractivity contribution in [3.8, 4) is 11.3 Å². The second kappa shape index (κ2) is 10.8. The molecular formula is C21H25BClN5O3. The number of methoxy groups -OCH3 is 1. The minimum atomic E-state index is -0.381. The summed E-state index contributed by atoms with van der Waals surface area (Å²) in [6, 6.07) is 9.55. The van der Waals surface area contributed by atoms with E-state index in [4.69, 9.17) is 16.6 Å². The van der Waals surface area contributed by atoms with Gasteiger partial charge in [-0.3, -0.25) is 9.59 Å². The highest BCUT2D eigenvalue weighted by Gasteiger charge is 2.12. The monoisotopic (exact) mass is 441 g/mol. The molecule has 2 N–H and O–H groups in total. The van der Waals surface area contributed by atoms with Crippen LogP contribution in [-0.4, -0.2) is 54.5 Å². The van der Waals surface area contributed by atoms with Crippen LogP contribution in [0.1, 0.15) is 25.7 Å². The summed E-state index contributed by atoms with van der Waals surface area (Å²) in [7, 11) is 3.28. The highest BCUT2D eigenvalue weighted by molar-refractivity contribution is 6.36. The van der Waals surface area contributed by atoms with Crippen molar-refractivity contribution in [2.45, 2.75) is 25.7 Å². The molecule has 0 saturated carbocycles. The van der Waals surface area contributed by atoms with Gasteiger partial charge in [-0.2, -0.15) is 9.61 Å². The van der Waals surface area contributed by atoms with E-state index in [1.165, 1.54) is 7.11 Å². The number of benzene rings is 1. The number of unbranched alkanes of at least 4 members (excludes halogenated alkanes) is 1. The maximum atomic E-state index is 11.7. The number of anilines is 1. The van der Waals surface area contributed by atoms with E-state index < -0.39 is 0 Å². The summed E-state index contributed by atoms with van der Waals surface area (Å²) in [6.07, 6.45) is 3.68. The van der Waals surface area contributed by atoms with E-state index in [9.17, 15) is 9.59 Å². The lowest BCUT2D eigenvalue weighted by Crippen LogP contribution is -2.25. The van der Waals surface area contributed by atoms with Gasteiger partial charge in [-0.05, 0) is 24.4 Å². The lowest BCUT2D eigenvalue weighted by atomic mass is 10.0. The van der Waals surface area contributed by atoms with Crippen molar-refractivity contribution in [1.29, 1.82) is 0 Å². The van der Waals surface area contributed by atoms with Crippen LogP contribution < -0.4 is 16.1 Å². The molecule has 3 aromatic rings. The van der Waals surface area contributed by atoms with Crippen LogP contribution in [-0.2, 0) is 14.3 Å². The van der Waals surface area contributed by atoms with Crippen LogP contribution in [0.5, 0.6) is 0 Å². The number of halogens is 1. The van der Waals surface area contributed by atoms with Gasteiger partial charge in [0.15, 0.2) is 5.65 Å². The van der Waals surface area contributed by atoms with Crippen molar-refractivity contribution in [2.24, 2.45) is 0 Å². The number of ether oxygens (including phenoxy) is 1. The summed E-state index contributed by atoms with van der Waals surface area (Å²) in [5.41, 5.74) is 3.40. The third-order valence-electron chi connectivity index (χ3n) is 4.81. The third-order valence-corrected chi connectivity index (χ3v) is 5.14. The number of fused-ring (bicyclic) bond motifs is 1. The van der Waals surface area contributed by atoms with Crippen molar-refractivity contribution >= 4 is 48.3 Å². The summed E-state index contributed by atoms with van der Waals surface area (Å²) >= 11 is 6.37. The first kappa shape index (κ1) is 22.6. The zero-order chi connectivity index (χ0) is 22.2. The van der Waals surface area contributed by atoms with Crippen LogP contribution >= 0.6 is 11.6 Å². The van der Waals surface area contributed by atoms with Crippen LogP contribution in [0.2, 0.25) is 5.02 Å². The molecule has 162 valence electrons. The molecule has 0 atom stereocenters. The Labute approximate surface area is 186 Å². The van der Waals surface area contributed by atoms with Crippen molar-refractivity contribution in [3.05, 3.63) is 41.6 Å². The average molecular weight is 442 g/mol. The number of rotatable bonds is 10. The minimum absolute atomic E-state index is 0.0962. The van der Waals surface area contributed by atoms with Gasteiger partial charge >= 0.3 is 5.97 Å². The van der Waals surface area contributed by atoms with Gasteiger partial charge in [0.1, 0.15) is 13.7 Å². The number of nitrogens with zero attached hydrogens (tertiary/aromatic N) is 3. The molecule has 8 nitrogen and oxygen atoms in total. The molecule has 10 heteroatoms. The van der Waals surface area contributed by atoms with Gasteiger partial charge in [0, 0.05) is 42.4 Å². The molecule has 0 unspecified atom stereocenters. The van der Waals surface area contributed by atoms with E-state index >= 15 is 0 Å². The molecule has 0 fully saturated rings. The standard InChI is InChI=1S/C21H25BClN5O3/c1-31-20(30)9-8-19(29)25-11-5-4-10-24-18-12-17(14-6-2-3-7-16(14)23)27-21-15(22)13-26-28(18)21/h2-3,6-7,12-13,24H,4-5,8-11,22H2,1H3,(H,25,29). The normalized spacial score (nSPS) is 10.8. The van der Waals surface area contributed by atoms with E-state index in [2.05, 4.69) is 20.5 Å². The second-order valence-corrected chi connectivity index (χ2v) is 7.54. The zero-order valence-electron chi connectivity index (χ0n) is 17.7. The highest BCUT2D eigenvalue weighted by Crippen LogP contribution is 2.28. The Hall–Kier alpha value is -3.07.